The van der Waals surface area contributed by atoms with Crippen LogP contribution in [0.1, 0.15) is 32.6 Å². The van der Waals surface area contributed by atoms with Crippen LogP contribution >= 0.6 is 0 Å². The Morgan fingerprint density at radius 1 is 1.71 bits per heavy atom. The highest BCUT2D eigenvalue weighted by molar-refractivity contribution is 5.72. The van der Waals surface area contributed by atoms with Crippen molar-refractivity contribution in [2.45, 2.75) is 38.2 Å². The van der Waals surface area contributed by atoms with Gasteiger partial charge in [-0.3, -0.25) is 4.79 Å². The van der Waals surface area contributed by atoms with E-state index in [1.54, 1.807) is 0 Å². The molecule has 0 aromatic carbocycles. The van der Waals surface area contributed by atoms with Crippen LogP contribution in [0.3, 0.4) is 0 Å². The zero-order chi connectivity index (χ0) is 10.8. The van der Waals surface area contributed by atoms with E-state index in [0.717, 1.165) is 19.3 Å². The number of aliphatic carboxylic acids is 1. The van der Waals surface area contributed by atoms with Gasteiger partial charge in [0.15, 0.2) is 0 Å². The Kier molecular flexibility index (Phi) is 3.32. The van der Waals surface area contributed by atoms with Gasteiger partial charge in [-0.05, 0) is 25.2 Å². The Hall–Kier alpha value is -0.830. The molecule has 0 aliphatic heterocycles. The molecular formula is C11H18O3. The molecule has 2 atom stereocenters. The number of carboxylic acid groups (broad SMARTS) is 1. The van der Waals surface area contributed by atoms with Crippen LogP contribution in [0.2, 0.25) is 0 Å². The second kappa shape index (κ2) is 4.13. The summed E-state index contributed by atoms with van der Waals surface area (Å²) in [6.45, 7) is 5.49. The SMILES string of the molecule is C=CC(O)(C1CC1)C(CCC)C(=O)O. The van der Waals surface area contributed by atoms with E-state index in [0.29, 0.717) is 6.42 Å². The number of carbonyl (C=O) groups is 1. The van der Waals surface area contributed by atoms with Crippen LogP contribution in [0.15, 0.2) is 12.7 Å². The minimum absolute atomic E-state index is 0.104. The summed E-state index contributed by atoms with van der Waals surface area (Å²) in [5.74, 6) is -1.51. The van der Waals surface area contributed by atoms with E-state index in [1.807, 2.05) is 6.92 Å². The van der Waals surface area contributed by atoms with E-state index in [1.165, 1.54) is 6.08 Å². The van der Waals surface area contributed by atoms with Crippen molar-refractivity contribution in [1.82, 2.24) is 0 Å². The smallest absolute Gasteiger partial charge is 0.309 e. The number of aliphatic hydroxyl groups is 1. The van der Waals surface area contributed by atoms with Crippen molar-refractivity contribution < 1.29 is 15.0 Å². The van der Waals surface area contributed by atoms with Gasteiger partial charge in [-0.15, -0.1) is 6.58 Å². The summed E-state index contributed by atoms with van der Waals surface area (Å²) in [5.41, 5.74) is -1.19. The van der Waals surface area contributed by atoms with E-state index in [-0.39, 0.29) is 5.92 Å². The van der Waals surface area contributed by atoms with Crippen LogP contribution in [0.25, 0.3) is 0 Å². The summed E-state index contributed by atoms with van der Waals surface area (Å²) < 4.78 is 0. The molecule has 0 radical (unpaired) electrons. The van der Waals surface area contributed by atoms with Gasteiger partial charge in [0.1, 0.15) is 0 Å². The fourth-order valence-corrected chi connectivity index (χ4v) is 1.98. The van der Waals surface area contributed by atoms with E-state index >= 15 is 0 Å². The minimum Gasteiger partial charge on any atom is -0.481 e. The first-order chi connectivity index (χ1) is 6.56. The fraction of sp³-hybridized carbons (Fsp3) is 0.727. The Morgan fingerprint density at radius 2 is 2.29 bits per heavy atom. The lowest BCUT2D eigenvalue weighted by Crippen LogP contribution is -2.42. The molecule has 0 bridgehead atoms. The molecule has 1 rings (SSSR count). The summed E-state index contributed by atoms with van der Waals surface area (Å²) in [6.07, 6.45) is 4.51. The van der Waals surface area contributed by atoms with Crippen molar-refractivity contribution in [2.24, 2.45) is 11.8 Å². The lowest BCUT2D eigenvalue weighted by molar-refractivity contribution is -0.150. The van der Waals surface area contributed by atoms with Crippen LogP contribution in [0, 0.1) is 11.8 Å². The average molecular weight is 198 g/mol. The van der Waals surface area contributed by atoms with Gasteiger partial charge in [0, 0.05) is 0 Å². The van der Waals surface area contributed by atoms with E-state index in [9.17, 15) is 9.90 Å². The molecule has 0 aromatic rings. The third-order valence-corrected chi connectivity index (χ3v) is 2.99. The van der Waals surface area contributed by atoms with Crippen molar-refractivity contribution in [3.63, 3.8) is 0 Å². The molecule has 1 saturated carbocycles. The van der Waals surface area contributed by atoms with Gasteiger partial charge in [-0.25, -0.2) is 0 Å². The Labute approximate surface area is 84.4 Å². The summed E-state index contributed by atoms with van der Waals surface area (Å²) in [7, 11) is 0. The third kappa shape index (κ3) is 1.98. The molecule has 0 saturated heterocycles. The molecule has 0 heterocycles. The molecule has 0 aromatic heterocycles. The molecule has 0 spiro atoms. The van der Waals surface area contributed by atoms with Crippen molar-refractivity contribution >= 4 is 5.97 Å². The van der Waals surface area contributed by atoms with Crippen molar-refractivity contribution in [3.8, 4) is 0 Å². The molecule has 2 unspecified atom stereocenters. The highest BCUT2D eigenvalue weighted by atomic mass is 16.4. The predicted octanol–water partition coefficient (Wildman–Crippen LogP) is 1.81. The summed E-state index contributed by atoms with van der Waals surface area (Å²) in [4.78, 5) is 11.0. The molecule has 1 aliphatic rings. The Bertz CT molecular complexity index is 233. The second-order valence-electron chi connectivity index (χ2n) is 4.05. The number of rotatable bonds is 6. The van der Waals surface area contributed by atoms with Crippen molar-refractivity contribution in [1.29, 1.82) is 0 Å². The first-order valence-corrected chi connectivity index (χ1v) is 5.15. The predicted molar refractivity (Wildman–Crippen MR) is 53.9 cm³/mol. The molecule has 1 aliphatic carbocycles. The van der Waals surface area contributed by atoms with Gasteiger partial charge in [-0.1, -0.05) is 19.4 Å². The standard InChI is InChI=1S/C11H18O3/c1-3-5-9(10(12)13)11(14,4-2)8-6-7-8/h4,8-9,14H,2-3,5-7H2,1H3,(H,12,13). The number of hydrogen-bond donors (Lipinski definition) is 2. The highest BCUT2D eigenvalue weighted by Gasteiger charge is 2.49. The van der Waals surface area contributed by atoms with Gasteiger partial charge in [0.2, 0.25) is 0 Å². The van der Waals surface area contributed by atoms with Gasteiger partial charge < -0.3 is 10.2 Å². The maximum atomic E-state index is 11.0. The Balaban J connectivity index is 2.81. The molecular weight excluding hydrogens is 180 g/mol. The molecule has 0 amide bonds. The van der Waals surface area contributed by atoms with Crippen LogP contribution in [0.5, 0.6) is 0 Å². The van der Waals surface area contributed by atoms with E-state index < -0.39 is 17.5 Å². The maximum Gasteiger partial charge on any atom is 0.309 e. The monoisotopic (exact) mass is 198 g/mol. The number of carboxylic acids is 1. The summed E-state index contributed by atoms with van der Waals surface area (Å²) >= 11 is 0. The first kappa shape index (κ1) is 11.2. The van der Waals surface area contributed by atoms with Gasteiger partial charge in [-0.2, -0.15) is 0 Å². The van der Waals surface area contributed by atoms with Crippen molar-refractivity contribution in [2.75, 3.05) is 0 Å². The van der Waals surface area contributed by atoms with E-state index in [4.69, 9.17) is 5.11 Å². The number of hydrogen-bond acceptors (Lipinski definition) is 2. The zero-order valence-corrected chi connectivity index (χ0v) is 8.57. The molecule has 14 heavy (non-hydrogen) atoms. The van der Waals surface area contributed by atoms with Gasteiger partial charge in [0.05, 0.1) is 11.5 Å². The fourth-order valence-electron chi connectivity index (χ4n) is 1.98. The second-order valence-corrected chi connectivity index (χ2v) is 4.05. The van der Waals surface area contributed by atoms with Crippen LogP contribution in [-0.2, 0) is 4.79 Å². The largest absolute Gasteiger partial charge is 0.481 e. The van der Waals surface area contributed by atoms with Crippen LogP contribution in [-0.4, -0.2) is 21.8 Å². The summed E-state index contributed by atoms with van der Waals surface area (Å²) in [5, 5.41) is 19.3. The average Bonchev–Trinajstić information content (AvgIpc) is 2.95. The van der Waals surface area contributed by atoms with Crippen molar-refractivity contribution in [3.05, 3.63) is 12.7 Å². The van der Waals surface area contributed by atoms with E-state index in [2.05, 4.69) is 6.58 Å². The molecule has 3 nitrogen and oxygen atoms in total. The maximum absolute atomic E-state index is 11.0. The minimum atomic E-state index is -1.19. The first-order valence-electron chi connectivity index (χ1n) is 5.15. The molecule has 3 heteroatoms. The topological polar surface area (TPSA) is 57.5 Å². The molecule has 80 valence electrons. The summed E-state index contributed by atoms with van der Waals surface area (Å²) in [6, 6.07) is 0. The highest BCUT2D eigenvalue weighted by Crippen LogP contribution is 2.45. The quantitative estimate of drug-likeness (QED) is 0.640. The molecule has 1 fully saturated rings. The third-order valence-electron chi connectivity index (χ3n) is 2.99. The lowest BCUT2D eigenvalue weighted by atomic mass is 9.80. The molecule has 2 N–H and O–H groups in total. The van der Waals surface area contributed by atoms with Crippen LogP contribution < -0.4 is 0 Å². The lowest BCUT2D eigenvalue weighted by Gasteiger charge is -2.30. The van der Waals surface area contributed by atoms with Crippen LogP contribution in [0.4, 0.5) is 0 Å². The normalized spacial score (nSPS) is 22.4. The van der Waals surface area contributed by atoms with Gasteiger partial charge in [0.25, 0.3) is 0 Å². The van der Waals surface area contributed by atoms with Gasteiger partial charge >= 0.3 is 5.97 Å². The zero-order valence-electron chi connectivity index (χ0n) is 8.57. The Morgan fingerprint density at radius 3 is 2.57 bits per heavy atom.